The molecule has 0 aliphatic carbocycles. The van der Waals surface area contributed by atoms with Gasteiger partial charge < -0.3 is 5.73 Å². The van der Waals surface area contributed by atoms with Crippen molar-refractivity contribution in [2.75, 3.05) is 0 Å². The second kappa shape index (κ2) is 3.59. The zero-order valence-corrected chi connectivity index (χ0v) is 6.79. The monoisotopic (exact) mass is 159 g/mol. The van der Waals surface area contributed by atoms with Crippen LogP contribution in [0.4, 0.5) is 0 Å². The average molecular weight is 159 g/mol. The number of carbonyl (C=O) groups excluding carboxylic acids is 1. The number of rotatable bonds is 0. The molecule has 12 heavy (non-hydrogen) atoms. The first-order valence-corrected chi connectivity index (χ1v) is 3.56. The second-order valence-corrected chi connectivity index (χ2v) is 2.48. The molecule has 0 spiro atoms. The Labute approximate surface area is 71.4 Å². The molecule has 1 rings (SSSR count). The van der Waals surface area contributed by atoms with Gasteiger partial charge in [-0.2, -0.15) is 0 Å². The first kappa shape index (κ1) is 8.35. The Morgan fingerprint density at radius 2 is 1.92 bits per heavy atom. The number of hydrogen-bond donors (Lipinski definition) is 1. The van der Waals surface area contributed by atoms with Crippen molar-refractivity contribution in [2.45, 2.75) is 6.92 Å². The van der Waals surface area contributed by atoms with Gasteiger partial charge in [0.15, 0.2) is 0 Å². The van der Waals surface area contributed by atoms with Gasteiger partial charge in [0.25, 0.3) is 5.91 Å². The molecule has 0 saturated heterocycles. The zero-order valence-electron chi connectivity index (χ0n) is 6.79. The highest BCUT2D eigenvalue weighted by Gasteiger charge is 1.86. The van der Waals surface area contributed by atoms with Crippen molar-refractivity contribution < 1.29 is 4.79 Å². The molecular weight excluding hydrogens is 150 g/mol. The van der Waals surface area contributed by atoms with E-state index in [0.29, 0.717) is 0 Å². The zero-order chi connectivity index (χ0) is 8.97. The van der Waals surface area contributed by atoms with Crippen LogP contribution in [0.25, 0.3) is 0 Å². The predicted molar refractivity (Wildman–Crippen MR) is 47.3 cm³/mol. The van der Waals surface area contributed by atoms with E-state index in [2.05, 4.69) is 11.8 Å². The first-order chi connectivity index (χ1) is 5.68. The summed E-state index contributed by atoms with van der Waals surface area (Å²) in [5.41, 5.74) is 6.83. The van der Waals surface area contributed by atoms with E-state index in [1.165, 1.54) is 5.56 Å². The number of aryl methyl sites for hydroxylation is 1. The van der Waals surface area contributed by atoms with Gasteiger partial charge in [-0.15, -0.1) is 0 Å². The summed E-state index contributed by atoms with van der Waals surface area (Å²) in [6, 6.07) is 7.58. The maximum absolute atomic E-state index is 10.3. The second-order valence-electron chi connectivity index (χ2n) is 2.48. The SMILES string of the molecule is Cc1ccc(C#CC(N)=O)cc1. The van der Waals surface area contributed by atoms with Crippen molar-refractivity contribution in [2.24, 2.45) is 5.73 Å². The van der Waals surface area contributed by atoms with Gasteiger partial charge in [0.05, 0.1) is 0 Å². The lowest BCUT2D eigenvalue weighted by Crippen LogP contribution is -2.06. The van der Waals surface area contributed by atoms with Crippen molar-refractivity contribution >= 4 is 5.91 Å². The van der Waals surface area contributed by atoms with E-state index in [-0.39, 0.29) is 0 Å². The minimum absolute atomic E-state index is 0.601. The summed E-state index contributed by atoms with van der Waals surface area (Å²) in [5.74, 6) is 4.32. The highest BCUT2D eigenvalue weighted by molar-refractivity contribution is 5.92. The van der Waals surface area contributed by atoms with Crippen LogP contribution in [0.5, 0.6) is 0 Å². The number of hydrogen-bond acceptors (Lipinski definition) is 1. The van der Waals surface area contributed by atoms with E-state index in [1.54, 1.807) is 0 Å². The number of nitrogens with two attached hydrogens (primary N) is 1. The van der Waals surface area contributed by atoms with E-state index in [0.717, 1.165) is 5.56 Å². The van der Waals surface area contributed by atoms with Crippen LogP contribution in [0.15, 0.2) is 24.3 Å². The highest BCUT2D eigenvalue weighted by Crippen LogP contribution is 2.00. The first-order valence-electron chi connectivity index (χ1n) is 3.56. The van der Waals surface area contributed by atoms with Gasteiger partial charge in [0.2, 0.25) is 0 Å². The minimum atomic E-state index is -0.601. The third-order valence-corrected chi connectivity index (χ3v) is 1.38. The molecule has 1 aromatic rings. The van der Waals surface area contributed by atoms with E-state index < -0.39 is 5.91 Å². The third-order valence-electron chi connectivity index (χ3n) is 1.38. The fourth-order valence-electron chi connectivity index (χ4n) is 0.771. The summed E-state index contributed by atoms with van der Waals surface area (Å²) in [6.45, 7) is 1.99. The van der Waals surface area contributed by atoms with Gasteiger partial charge in [0, 0.05) is 5.56 Å². The standard InChI is InChI=1S/C10H9NO/c1-8-2-4-9(5-3-8)6-7-10(11)12/h2-5H,1H3,(H2,11,12). The van der Waals surface area contributed by atoms with Gasteiger partial charge in [-0.05, 0) is 25.0 Å². The maximum Gasteiger partial charge on any atom is 0.293 e. The van der Waals surface area contributed by atoms with E-state index in [4.69, 9.17) is 5.73 Å². The van der Waals surface area contributed by atoms with Gasteiger partial charge in [-0.25, -0.2) is 0 Å². The number of benzene rings is 1. The van der Waals surface area contributed by atoms with E-state index >= 15 is 0 Å². The van der Waals surface area contributed by atoms with Gasteiger partial charge in [-0.3, -0.25) is 4.79 Å². The fraction of sp³-hybridized carbons (Fsp3) is 0.100. The normalized spacial score (nSPS) is 8.42. The molecule has 2 heteroatoms. The maximum atomic E-state index is 10.3. The Bertz CT molecular complexity index is 340. The molecule has 0 aromatic heterocycles. The van der Waals surface area contributed by atoms with Crippen LogP contribution < -0.4 is 5.73 Å². The molecule has 0 atom stereocenters. The molecule has 0 bridgehead atoms. The van der Waals surface area contributed by atoms with E-state index in [9.17, 15) is 4.79 Å². The molecule has 0 aliphatic rings. The molecular formula is C10H9NO. The van der Waals surface area contributed by atoms with Crippen molar-refractivity contribution in [3.05, 3.63) is 35.4 Å². The molecule has 1 amide bonds. The summed E-state index contributed by atoms with van der Waals surface area (Å²) in [6.07, 6.45) is 0. The molecule has 1 aromatic carbocycles. The molecule has 0 heterocycles. The smallest absolute Gasteiger partial charge is 0.293 e. The largest absolute Gasteiger partial charge is 0.359 e. The topological polar surface area (TPSA) is 43.1 Å². The molecule has 0 saturated carbocycles. The van der Waals surface area contributed by atoms with Crippen LogP contribution in [0.2, 0.25) is 0 Å². The van der Waals surface area contributed by atoms with Crippen molar-refractivity contribution in [1.82, 2.24) is 0 Å². The number of primary amides is 1. The Balaban J connectivity index is 2.86. The quantitative estimate of drug-likeness (QED) is 0.560. The predicted octanol–water partition coefficient (Wildman–Crippen LogP) is 0.832. The molecule has 2 nitrogen and oxygen atoms in total. The van der Waals surface area contributed by atoms with Crippen molar-refractivity contribution in [3.8, 4) is 11.8 Å². The van der Waals surface area contributed by atoms with E-state index in [1.807, 2.05) is 31.2 Å². The Morgan fingerprint density at radius 1 is 1.33 bits per heavy atom. The highest BCUT2D eigenvalue weighted by atomic mass is 16.1. The molecule has 60 valence electrons. The summed E-state index contributed by atoms with van der Waals surface area (Å²) in [7, 11) is 0. The lowest BCUT2D eigenvalue weighted by Gasteiger charge is -1.90. The van der Waals surface area contributed by atoms with Gasteiger partial charge >= 0.3 is 0 Å². The Kier molecular flexibility index (Phi) is 2.49. The number of amides is 1. The Hall–Kier alpha value is -1.75. The Morgan fingerprint density at radius 3 is 2.42 bits per heavy atom. The van der Waals surface area contributed by atoms with Gasteiger partial charge in [-0.1, -0.05) is 23.6 Å². The molecule has 2 N–H and O–H groups in total. The van der Waals surface area contributed by atoms with Crippen molar-refractivity contribution in [3.63, 3.8) is 0 Å². The third kappa shape index (κ3) is 2.47. The molecule has 0 fully saturated rings. The van der Waals surface area contributed by atoms with Crippen LogP contribution in [0.1, 0.15) is 11.1 Å². The average Bonchev–Trinajstić information content (AvgIpc) is 2.03. The van der Waals surface area contributed by atoms with Crippen LogP contribution in [-0.2, 0) is 4.79 Å². The van der Waals surface area contributed by atoms with Crippen LogP contribution in [0.3, 0.4) is 0 Å². The lowest BCUT2D eigenvalue weighted by atomic mass is 10.2. The summed E-state index contributed by atoms with van der Waals surface area (Å²) < 4.78 is 0. The van der Waals surface area contributed by atoms with Gasteiger partial charge in [0.1, 0.15) is 0 Å². The van der Waals surface area contributed by atoms with Crippen molar-refractivity contribution in [1.29, 1.82) is 0 Å². The molecule has 0 radical (unpaired) electrons. The lowest BCUT2D eigenvalue weighted by molar-refractivity contribution is -0.112. The molecule has 0 aliphatic heterocycles. The minimum Gasteiger partial charge on any atom is -0.359 e. The van der Waals surface area contributed by atoms with Crippen LogP contribution >= 0.6 is 0 Å². The summed E-state index contributed by atoms with van der Waals surface area (Å²) in [4.78, 5) is 10.3. The molecule has 0 unspecified atom stereocenters. The summed E-state index contributed by atoms with van der Waals surface area (Å²) >= 11 is 0. The number of carbonyl (C=O) groups is 1. The van der Waals surface area contributed by atoms with Crippen LogP contribution in [-0.4, -0.2) is 5.91 Å². The fourth-order valence-corrected chi connectivity index (χ4v) is 0.771. The summed E-state index contributed by atoms with van der Waals surface area (Å²) in [5, 5.41) is 0. The van der Waals surface area contributed by atoms with Crippen LogP contribution in [0, 0.1) is 18.8 Å².